The highest BCUT2D eigenvalue weighted by Crippen LogP contribution is 1.91. The van der Waals surface area contributed by atoms with Crippen LogP contribution in [-0.4, -0.2) is 44.1 Å². The summed E-state index contributed by atoms with van der Waals surface area (Å²) in [5.41, 5.74) is 0. The summed E-state index contributed by atoms with van der Waals surface area (Å²) in [6.07, 6.45) is 2.25. The topological polar surface area (TPSA) is 58.6 Å². The van der Waals surface area contributed by atoms with Gasteiger partial charge in [0.1, 0.15) is 0 Å². The van der Waals surface area contributed by atoms with Gasteiger partial charge in [-0.3, -0.25) is 4.79 Å². The maximum absolute atomic E-state index is 11.4. The molecular formula is C10H20N2O3. The molecule has 0 fully saturated rings. The fourth-order valence-corrected chi connectivity index (χ4v) is 0.970. The third-order valence-corrected chi connectivity index (χ3v) is 2.03. The Hall–Kier alpha value is -1.26. The number of methoxy groups -OCH3 is 1. The predicted octanol–water partition coefficient (Wildman–Crippen LogP) is 0.991. The second kappa shape index (κ2) is 8.08. The number of carbonyl (C=O) groups is 2. The van der Waals surface area contributed by atoms with E-state index in [0.29, 0.717) is 13.1 Å². The van der Waals surface area contributed by atoms with Gasteiger partial charge in [-0.25, -0.2) is 4.79 Å². The van der Waals surface area contributed by atoms with Crippen molar-refractivity contribution < 1.29 is 14.3 Å². The van der Waals surface area contributed by atoms with Gasteiger partial charge in [0, 0.05) is 20.1 Å². The summed E-state index contributed by atoms with van der Waals surface area (Å²) in [6.45, 7) is 3.12. The highest BCUT2D eigenvalue weighted by molar-refractivity contribution is 5.75. The van der Waals surface area contributed by atoms with Gasteiger partial charge < -0.3 is 15.0 Å². The van der Waals surface area contributed by atoms with Crippen LogP contribution < -0.4 is 5.32 Å². The van der Waals surface area contributed by atoms with Gasteiger partial charge in [0.2, 0.25) is 0 Å². The van der Waals surface area contributed by atoms with Crippen molar-refractivity contribution >= 4 is 12.0 Å². The Morgan fingerprint density at radius 1 is 1.40 bits per heavy atom. The summed E-state index contributed by atoms with van der Waals surface area (Å²) < 4.78 is 4.48. The quantitative estimate of drug-likeness (QED) is 0.532. The van der Waals surface area contributed by atoms with E-state index < -0.39 is 0 Å². The van der Waals surface area contributed by atoms with Crippen LogP contribution in [0.3, 0.4) is 0 Å². The number of amides is 2. The zero-order valence-electron chi connectivity index (χ0n) is 9.71. The van der Waals surface area contributed by atoms with Gasteiger partial charge in [-0.2, -0.15) is 0 Å². The minimum absolute atomic E-state index is 0.146. The summed E-state index contributed by atoms with van der Waals surface area (Å²) in [6, 6.07) is -0.146. The van der Waals surface area contributed by atoms with Crippen molar-refractivity contribution in [2.45, 2.75) is 26.2 Å². The molecular weight excluding hydrogens is 196 g/mol. The molecule has 0 bridgehead atoms. The maximum atomic E-state index is 11.4. The van der Waals surface area contributed by atoms with Crippen LogP contribution in [-0.2, 0) is 9.53 Å². The number of urea groups is 1. The normalized spacial score (nSPS) is 9.53. The summed E-state index contributed by atoms with van der Waals surface area (Å²) in [5, 5.41) is 2.76. The number of ether oxygens (including phenoxy) is 1. The van der Waals surface area contributed by atoms with Crippen LogP contribution in [0, 0.1) is 0 Å². The second-order valence-corrected chi connectivity index (χ2v) is 3.33. The van der Waals surface area contributed by atoms with Crippen LogP contribution in [0.5, 0.6) is 0 Å². The van der Waals surface area contributed by atoms with Crippen molar-refractivity contribution in [3.8, 4) is 0 Å². The predicted molar refractivity (Wildman–Crippen MR) is 57.6 cm³/mol. The molecule has 0 rings (SSSR count). The molecule has 15 heavy (non-hydrogen) atoms. The first kappa shape index (κ1) is 13.7. The van der Waals surface area contributed by atoms with E-state index in [0.717, 1.165) is 12.8 Å². The molecule has 0 atom stereocenters. The Labute approximate surface area is 90.8 Å². The van der Waals surface area contributed by atoms with Crippen LogP contribution in [0.1, 0.15) is 26.2 Å². The molecule has 0 aromatic carbocycles. The van der Waals surface area contributed by atoms with Crippen LogP contribution in [0.2, 0.25) is 0 Å². The van der Waals surface area contributed by atoms with E-state index in [2.05, 4.69) is 17.0 Å². The molecule has 0 unspecified atom stereocenters. The molecule has 0 spiro atoms. The molecule has 88 valence electrons. The van der Waals surface area contributed by atoms with E-state index in [1.54, 1.807) is 7.05 Å². The lowest BCUT2D eigenvalue weighted by Crippen LogP contribution is -2.38. The number of hydrogen-bond acceptors (Lipinski definition) is 3. The Balaban J connectivity index is 3.64. The van der Waals surface area contributed by atoms with E-state index in [-0.39, 0.29) is 18.4 Å². The number of rotatable bonds is 6. The van der Waals surface area contributed by atoms with Crippen molar-refractivity contribution in [3.05, 3.63) is 0 Å². The van der Waals surface area contributed by atoms with Crippen molar-refractivity contribution in [1.82, 2.24) is 10.2 Å². The smallest absolute Gasteiger partial charge is 0.317 e. The van der Waals surface area contributed by atoms with Crippen LogP contribution in [0.25, 0.3) is 0 Å². The van der Waals surface area contributed by atoms with Gasteiger partial charge >= 0.3 is 12.0 Å². The lowest BCUT2D eigenvalue weighted by atomic mass is 10.3. The maximum Gasteiger partial charge on any atom is 0.317 e. The van der Waals surface area contributed by atoms with Gasteiger partial charge in [-0.05, 0) is 6.42 Å². The first-order valence-electron chi connectivity index (χ1n) is 5.17. The van der Waals surface area contributed by atoms with Crippen molar-refractivity contribution in [2.75, 3.05) is 27.2 Å². The monoisotopic (exact) mass is 216 g/mol. The Morgan fingerprint density at radius 3 is 2.60 bits per heavy atom. The summed E-state index contributed by atoms with van der Waals surface area (Å²) in [4.78, 5) is 23.7. The third kappa shape index (κ3) is 6.76. The van der Waals surface area contributed by atoms with Gasteiger partial charge in [-0.1, -0.05) is 13.3 Å². The van der Waals surface area contributed by atoms with E-state index in [1.165, 1.54) is 12.0 Å². The first-order valence-corrected chi connectivity index (χ1v) is 5.17. The van der Waals surface area contributed by atoms with E-state index in [9.17, 15) is 9.59 Å². The molecule has 5 nitrogen and oxygen atoms in total. The molecule has 0 aromatic rings. The molecule has 0 aliphatic carbocycles. The highest BCUT2D eigenvalue weighted by atomic mass is 16.5. The SMILES string of the molecule is CCCCNC(=O)N(C)CCC(=O)OC. The summed E-state index contributed by atoms with van der Waals surface area (Å²) in [5.74, 6) is -0.303. The highest BCUT2D eigenvalue weighted by Gasteiger charge is 2.09. The second-order valence-electron chi connectivity index (χ2n) is 3.33. The van der Waals surface area contributed by atoms with Crippen LogP contribution in [0.4, 0.5) is 4.79 Å². The van der Waals surface area contributed by atoms with Gasteiger partial charge in [0.15, 0.2) is 0 Å². The molecule has 0 radical (unpaired) electrons. The average molecular weight is 216 g/mol. The Bertz CT molecular complexity index is 207. The molecule has 0 saturated carbocycles. The number of nitrogens with one attached hydrogen (secondary N) is 1. The Kier molecular flexibility index (Phi) is 7.40. The van der Waals surface area contributed by atoms with Crippen molar-refractivity contribution in [3.63, 3.8) is 0 Å². The lowest BCUT2D eigenvalue weighted by molar-refractivity contribution is -0.140. The first-order chi connectivity index (χ1) is 7.11. The molecule has 5 heteroatoms. The van der Waals surface area contributed by atoms with E-state index in [4.69, 9.17) is 0 Å². The number of nitrogens with zero attached hydrogens (tertiary/aromatic N) is 1. The largest absolute Gasteiger partial charge is 0.469 e. The third-order valence-electron chi connectivity index (χ3n) is 2.03. The zero-order valence-corrected chi connectivity index (χ0v) is 9.71. The Morgan fingerprint density at radius 2 is 2.07 bits per heavy atom. The zero-order chi connectivity index (χ0) is 11.7. The number of unbranched alkanes of at least 4 members (excludes halogenated alkanes) is 1. The standard InChI is InChI=1S/C10H20N2O3/c1-4-5-7-11-10(14)12(2)8-6-9(13)15-3/h4-8H2,1-3H3,(H,11,14). The average Bonchev–Trinajstić information content (AvgIpc) is 2.25. The van der Waals surface area contributed by atoms with Crippen LogP contribution >= 0.6 is 0 Å². The van der Waals surface area contributed by atoms with Crippen LogP contribution in [0.15, 0.2) is 0 Å². The lowest BCUT2D eigenvalue weighted by Gasteiger charge is -2.16. The molecule has 0 saturated heterocycles. The fourth-order valence-electron chi connectivity index (χ4n) is 0.970. The molecule has 0 heterocycles. The molecule has 0 aliphatic heterocycles. The van der Waals surface area contributed by atoms with Gasteiger partial charge in [0.05, 0.1) is 13.5 Å². The molecule has 0 aromatic heterocycles. The van der Waals surface area contributed by atoms with E-state index in [1.807, 2.05) is 0 Å². The van der Waals surface area contributed by atoms with Gasteiger partial charge in [0.25, 0.3) is 0 Å². The van der Waals surface area contributed by atoms with E-state index >= 15 is 0 Å². The molecule has 2 amide bonds. The number of carbonyl (C=O) groups excluding carboxylic acids is 2. The number of esters is 1. The fraction of sp³-hybridized carbons (Fsp3) is 0.800. The minimum atomic E-state index is -0.303. The minimum Gasteiger partial charge on any atom is -0.469 e. The summed E-state index contributed by atoms with van der Waals surface area (Å²) in [7, 11) is 2.99. The molecule has 1 N–H and O–H groups in total. The van der Waals surface area contributed by atoms with Crippen molar-refractivity contribution in [1.29, 1.82) is 0 Å². The van der Waals surface area contributed by atoms with Crippen molar-refractivity contribution in [2.24, 2.45) is 0 Å². The molecule has 0 aliphatic rings. The number of hydrogen-bond donors (Lipinski definition) is 1. The van der Waals surface area contributed by atoms with Gasteiger partial charge in [-0.15, -0.1) is 0 Å². The summed E-state index contributed by atoms with van der Waals surface area (Å²) >= 11 is 0.